The van der Waals surface area contributed by atoms with Crippen LogP contribution >= 0.6 is 0 Å². The van der Waals surface area contributed by atoms with E-state index in [9.17, 15) is 9.59 Å². The molecule has 0 spiro atoms. The fraction of sp³-hybridized carbons (Fsp3) is 0.818. The summed E-state index contributed by atoms with van der Waals surface area (Å²) in [6.45, 7) is 3.93. The lowest BCUT2D eigenvalue weighted by Gasteiger charge is -2.35. The fourth-order valence-corrected chi connectivity index (χ4v) is 2.11. The Kier molecular flexibility index (Phi) is 5.37. The largest absolute Gasteiger partial charge is 0.453 e. The monoisotopic (exact) mass is 243 g/mol. The molecule has 2 unspecified atom stereocenters. The Hall–Kier alpha value is -1.14. The molecule has 1 fully saturated rings. The zero-order valence-corrected chi connectivity index (χ0v) is 10.4. The number of nitrogens with two attached hydrogens (primary N) is 1. The summed E-state index contributed by atoms with van der Waals surface area (Å²) in [6, 6.07) is 0.222. The lowest BCUT2D eigenvalue weighted by Crippen LogP contribution is -2.50. The minimum Gasteiger partial charge on any atom is -0.453 e. The van der Waals surface area contributed by atoms with Gasteiger partial charge >= 0.3 is 6.09 Å². The molecular weight excluding hydrogens is 222 g/mol. The molecule has 1 aliphatic rings. The van der Waals surface area contributed by atoms with E-state index in [0.29, 0.717) is 5.92 Å². The second-order valence-electron chi connectivity index (χ2n) is 4.40. The third-order valence-electron chi connectivity index (χ3n) is 3.20. The Morgan fingerprint density at radius 3 is 2.82 bits per heavy atom. The van der Waals surface area contributed by atoms with Crippen LogP contribution in [0.25, 0.3) is 0 Å². The van der Waals surface area contributed by atoms with Crippen molar-refractivity contribution in [3.8, 4) is 0 Å². The maximum Gasteiger partial charge on any atom is 0.413 e. The molecule has 1 rings (SSSR count). The van der Waals surface area contributed by atoms with Crippen LogP contribution in [-0.4, -0.2) is 49.7 Å². The van der Waals surface area contributed by atoms with Gasteiger partial charge in [0.05, 0.1) is 13.7 Å². The van der Waals surface area contributed by atoms with Crippen molar-refractivity contribution in [1.82, 2.24) is 10.2 Å². The van der Waals surface area contributed by atoms with Gasteiger partial charge < -0.3 is 10.5 Å². The van der Waals surface area contributed by atoms with Crippen LogP contribution in [0.4, 0.5) is 4.79 Å². The van der Waals surface area contributed by atoms with Crippen LogP contribution in [0.15, 0.2) is 0 Å². The molecule has 17 heavy (non-hydrogen) atoms. The van der Waals surface area contributed by atoms with Gasteiger partial charge in [0.1, 0.15) is 0 Å². The van der Waals surface area contributed by atoms with Gasteiger partial charge in [-0.15, -0.1) is 0 Å². The first kappa shape index (κ1) is 13.9. The number of likely N-dealkylation sites (tertiary alicyclic amines) is 1. The second-order valence-corrected chi connectivity index (χ2v) is 4.40. The smallest absolute Gasteiger partial charge is 0.413 e. The predicted octanol–water partition coefficient (Wildman–Crippen LogP) is -0.0718. The van der Waals surface area contributed by atoms with Gasteiger partial charge in [-0.1, -0.05) is 13.3 Å². The number of amides is 2. The van der Waals surface area contributed by atoms with Crippen LogP contribution in [0.5, 0.6) is 0 Å². The van der Waals surface area contributed by atoms with Gasteiger partial charge in [-0.05, 0) is 12.3 Å². The molecule has 2 amide bonds. The van der Waals surface area contributed by atoms with E-state index < -0.39 is 6.09 Å². The van der Waals surface area contributed by atoms with E-state index in [-0.39, 0.29) is 18.5 Å². The summed E-state index contributed by atoms with van der Waals surface area (Å²) in [5.74, 6) is 0.0943. The van der Waals surface area contributed by atoms with E-state index in [1.165, 1.54) is 7.11 Å². The van der Waals surface area contributed by atoms with E-state index in [1.807, 2.05) is 4.90 Å². The molecule has 3 N–H and O–H groups in total. The molecule has 6 heteroatoms. The number of piperidine rings is 1. The number of hydrogen-bond donors (Lipinski definition) is 2. The highest BCUT2D eigenvalue weighted by Crippen LogP contribution is 2.17. The van der Waals surface area contributed by atoms with Gasteiger partial charge in [-0.25, -0.2) is 4.79 Å². The Morgan fingerprint density at radius 1 is 1.53 bits per heavy atom. The Labute approximate surface area is 101 Å². The lowest BCUT2D eigenvalue weighted by molar-refractivity contribution is -0.122. The highest BCUT2D eigenvalue weighted by molar-refractivity contribution is 5.92. The van der Waals surface area contributed by atoms with E-state index in [1.54, 1.807) is 0 Å². The zero-order valence-electron chi connectivity index (χ0n) is 10.4. The number of carbonyl (C=O) groups excluding carboxylic acids is 2. The first-order chi connectivity index (χ1) is 8.06. The number of alkyl carbamates (subject to hydrolysis) is 1. The molecule has 0 aliphatic carbocycles. The molecule has 0 bridgehead atoms. The molecular formula is C11H21N3O3. The maximum absolute atomic E-state index is 11.5. The Bertz CT molecular complexity index is 283. The van der Waals surface area contributed by atoms with Gasteiger partial charge in [0.2, 0.25) is 5.91 Å². The zero-order chi connectivity index (χ0) is 12.8. The van der Waals surface area contributed by atoms with Crippen LogP contribution in [0, 0.1) is 5.92 Å². The van der Waals surface area contributed by atoms with Crippen LogP contribution in [-0.2, 0) is 9.53 Å². The number of nitrogens with one attached hydrogen (secondary N) is 1. The number of carbonyl (C=O) groups is 2. The molecule has 1 aliphatic heterocycles. The third kappa shape index (κ3) is 4.32. The molecule has 6 nitrogen and oxygen atoms in total. The number of imide groups is 1. The fourth-order valence-electron chi connectivity index (χ4n) is 2.11. The lowest BCUT2D eigenvalue weighted by atomic mass is 9.91. The third-order valence-corrected chi connectivity index (χ3v) is 3.20. The predicted molar refractivity (Wildman–Crippen MR) is 63.4 cm³/mol. The van der Waals surface area contributed by atoms with Crippen molar-refractivity contribution in [3.05, 3.63) is 0 Å². The average molecular weight is 243 g/mol. The minimum atomic E-state index is -0.712. The van der Waals surface area contributed by atoms with Crippen LogP contribution in [0.2, 0.25) is 0 Å². The molecule has 0 aromatic heterocycles. The SMILES string of the molecule is CCC1CN(CC(=O)NC(=O)OC)CCC1N. The molecule has 1 heterocycles. The molecule has 0 aromatic rings. The number of methoxy groups -OCH3 is 1. The van der Waals surface area contributed by atoms with E-state index in [0.717, 1.165) is 25.9 Å². The number of ether oxygens (including phenoxy) is 1. The van der Waals surface area contributed by atoms with Crippen molar-refractivity contribution >= 4 is 12.0 Å². The first-order valence-corrected chi connectivity index (χ1v) is 5.92. The summed E-state index contributed by atoms with van der Waals surface area (Å²) in [5, 5.41) is 2.15. The quantitative estimate of drug-likeness (QED) is 0.724. The molecule has 0 saturated carbocycles. The summed E-state index contributed by atoms with van der Waals surface area (Å²) >= 11 is 0. The standard InChI is InChI=1S/C11H21N3O3/c1-3-8-6-14(5-4-9(8)12)7-10(15)13-11(16)17-2/h8-9H,3-7,12H2,1-2H3,(H,13,15,16). The normalized spacial score (nSPS) is 25.4. The Balaban J connectivity index is 2.37. The van der Waals surface area contributed by atoms with Gasteiger partial charge in [0, 0.05) is 19.1 Å². The van der Waals surface area contributed by atoms with Gasteiger partial charge in [0.15, 0.2) is 0 Å². The van der Waals surface area contributed by atoms with Gasteiger partial charge in [-0.3, -0.25) is 15.0 Å². The summed E-state index contributed by atoms with van der Waals surface area (Å²) in [7, 11) is 1.23. The van der Waals surface area contributed by atoms with E-state index in [2.05, 4.69) is 17.0 Å². The van der Waals surface area contributed by atoms with Crippen molar-refractivity contribution in [3.63, 3.8) is 0 Å². The van der Waals surface area contributed by atoms with Crippen LogP contribution < -0.4 is 11.1 Å². The highest BCUT2D eigenvalue weighted by atomic mass is 16.5. The molecule has 1 saturated heterocycles. The minimum absolute atomic E-state index is 0.221. The first-order valence-electron chi connectivity index (χ1n) is 5.92. The van der Waals surface area contributed by atoms with Gasteiger partial charge in [0.25, 0.3) is 0 Å². The number of hydrogen-bond acceptors (Lipinski definition) is 5. The number of rotatable bonds is 3. The maximum atomic E-state index is 11.5. The topological polar surface area (TPSA) is 84.7 Å². The summed E-state index contributed by atoms with van der Waals surface area (Å²) in [6.07, 6.45) is 1.19. The summed E-state index contributed by atoms with van der Waals surface area (Å²) in [5.41, 5.74) is 5.98. The second kappa shape index (κ2) is 6.56. The van der Waals surface area contributed by atoms with Crippen molar-refractivity contribution in [2.45, 2.75) is 25.8 Å². The van der Waals surface area contributed by atoms with Crippen LogP contribution in [0.1, 0.15) is 19.8 Å². The summed E-state index contributed by atoms with van der Waals surface area (Å²) < 4.78 is 4.36. The van der Waals surface area contributed by atoms with Gasteiger partial charge in [-0.2, -0.15) is 0 Å². The average Bonchev–Trinajstić information content (AvgIpc) is 2.31. The van der Waals surface area contributed by atoms with Crippen molar-refractivity contribution < 1.29 is 14.3 Å². The highest BCUT2D eigenvalue weighted by Gasteiger charge is 2.26. The molecule has 0 radical (unpaired) electrons. The molecule has 2 atom stereocenters. The molecule has 98 valence electrons. The number of nitrogens with zero attached hydrogens (tertiary/aromatic N) is 1. The van der Waals surface area contributed by atoms with Crippen molar-refractivity contribution in [2.75, 3.05) is 26.7 Å². The Morgan fingerprint density at radius 2 is 2.24 bits per heavy atom. The van der Waals surface area contributed by atoms with Crippen molar-refractivity contribution in [1.29, 1.82) is 0 Å². The van der Waals surface area contributed by atoms with Crippen molar-refractivity contribution in [2.24, 2.45) is 11.7 Å². The summed E-state index contributed by atoms with van der Waals surface area (Å²) in [4.78, 5) is 24.3. The van der Waals surface area contributed by atoms with Crippen LogP contribution in [0.3, 0.4) is 0 Å². The van der Waals surface area contributed by atoms with E-state index >= 15 is 0 Å². The van der Waals surface area contributed by atoms with E-state index in [4.69, 9.17) is 5.73 Å². The molecule has 0 aromatic carbocycles.